The van der Waals surface area contributed by atoms with Gasteiger partial charge in [0.2, 0.25) is 0 Å². The number of hydrogen-bond donors (Lipinski definition) is 1. The van der Waals surface area contributed by atoms with Crippen molar-refractivity contribution >= 4 is 11.3 Å². The Hall–Kier alpha value is -0.450. The van der Waals surface area contributed by atoms with E-state index in [2.05, 4.69) is 19.2 Å². The van der Waals surface area contributed by atoms with Crippen molar-refractivity contribution in [2.24, 2.45) is 0 Å². The summed E-state index contributed by atoms with van der Waals surface area (Å²) in [5.41, 5.74) is 1.26. The average molecular weight is 242 g/mol. The fourth-order valence-electron chi connectivity index (χ4n) is 1.58. The van der Waals surface area contributed by atoms with Crippen LogP contribution in [0.25, 0.3) is 0 Å². The molecular weight excluding hydrogens is 220 g/mol. The maximum absolute atomic E-state index is 5.27. The number of hydrogen-bond acceptors (Lipinski definition) is 4. The van der Waals surface area contributed by atoms with Gasteiger partial charge < -0.3 is 10.1 Å². The summed E-state index contributed by atoms with van der Waals surface area (Å²) in [6, 6.07) is 0. The Morgan fingerprint density at radius 2 is 2.25 bits per heavy atom. The van der Waals surface area contributed by atoms with Crippen LogP contribution in [0.3, 0.4) is 0 Å². The average Bonchev–Trinajstić information content (AvgIpc) is 2.62. The molecule has 0 bridgehead atoms. The van der Waals surface area contributed by atoms with Gasteiger partial charge in [-0.3, -0.25) is 0 Å². The second-order valence-electron chi connectivity index (χ2n) is 4.01. The largest absolute Gasteiger partial charge is 0.381 e. The van der Waals surface area contributed by atoms with Crippen LogP contribution in [0, 0.1) is 0 Å². The molecule has 16 heavy (non-hydrogen) atoms. The molecular formula is C12H22N2OS. The van der Waals surface area contributed by atoms with Gasteiger partial charge in [0.05, 0.1) is 16.8 Å². The van der Waals surface area contributed by atoms with Crippen LogP contribution in [-0.2, 0) is 24.1 Å². The molecule has 1 aromatic heterocycles. The molecule has 0 amide bonds. The zero-order valence-electron chi connectivity index (χ0n) is 10.7. The minimum Gasteiger partial charge on any atom is -0.381 e. The predicted octanol–water partition coefficient (Wildman–Crippen LogP) is 2.39. The van der Waals surface area contributed by atoms with E-state index >= 15 is 0 Å². The van der Waals surface area contributed by atoms with Gasteiger partial charge in [0.15, 0.2) is 0 Å². The molecule has 0 fully saturated rings. The Morgan fingerprint density at radius 3 is 2.81 bits per heavy atom. The van der Waals surface area contributed by atoms with Crippen LogP contribution in [0.15, 0.2) is 0 Å². The third kappa shape index (κ3) is 3.85. The summed E-state index contributed by atoms with van der Waals surface area (Å²) < 4.78 is 5.27. The van der Waals surface area contributed by atoms with Crippen LogP contribution >= 0.6 is 11.3 Å². The molecule has 3 nitrogen and oxygen atoms in total. The Labute approximate surface area is 102 Å². The van der Waals surface area contributed by atoms with Crippen LogP contribution in [-0.4, -0.2) is 25.2 Å². The van der Waals surface area contributed by atoms with Crippen LogP contribution in [0.1, 0.15) is 35.8 Å². The van der Waals surface area contributed by atoms with Crippen molar-refractivity contribution in [3.8, 4) is 0 Å². The van der Waals surface area contributed by atoms with E-state index in [1.54, 1.807) is 7.11 Å². The monoisotopic (exact) mass is 242 g/mol. The third-order valence-corrected chi connectivity index (χ3v) is 3.63. The molecule has 1 heterocycles. The van der Waals surface area contributed by atoms with Crippen LogP contribution < -0.4 is 5.32 Å². The van der Waals surface area contributed by atoms with Gasteiger partial charge in [-0.25, -0.2) is 4.98 Å². The highest BCUT2D eigenvalue weighted by atomic mass is 32.1. The van der Waals surface area contributed by atoms with Crippen molar-refractivity contribution < 1.29 is 4.74 Å². The molecule has 1 aromatic rings. The topological polar surface area (TPSA) is 34.1 Å². The first kappa shape index (κ1) is 13.6. The van der Waals surface area contributed by atoms with Gasteiger partial charge in [-0.15, -0.1) is 11.3 Å². The van der Waals surface area contributed by atoms with Gasteiger partial charge in [0.1, 0.15) is 0 Å². The van der Waals surface area contributed by atoms with Gasteiger partial charge in [0, 0.05) is 25.0 Å². The lowest BCUT2D eigenvalue weighted by atomic mass is 10.2. The Bertz CT molecular complexity index is 288. The molecule has 1 rings (SSSR count). The van der Waals surface area contributed by atoms with Crippen molar-refractivity contribution in [2.75, 3.05) is 14.2 Å². The zero-order chi connectivity index (χ0) is 12.0. The quantitative estimate of drug-likeness (QED) is 0.797. The van der Waals surface area contributed by atoms with E-state index in [0.717, 1.165) is 25.8 Å². The summed E-state index contributed by atoms with van der Waals surface area (Å²) in [7, 11) is 3.73. The first-order valence-electron chi connectivity index (χ1n) is 5.86. The summed E-state index contributed by atoms with van der Waals surface area (Å²) in [6.07, 6.45) is 3.40. The van der Waals surface area contributed by atoms with E-state index in [-0.39, 0.29) is 6.10 Å². The Balaban J connectivity index is 2.74. The lowest BCUT2D eigenvalue weighted by Crippen LogP contribution is -2.08. The Kier molecular flexibility index (Phi) is 5.95. The number of methoxy groups -OCH3 is 1. The number of rotatable bonds is 7. The minimum absolute atomic E-state index is 0.253. The van der Waals surface area contributed by atoms with E-state index < -0.39 is 0 Å². The van der Waals surface area contributed by atoms with Crippen molar-refractivity contribution in [1.29, 1.82) is 0 Å². The number of nitrogens with one attached hydrogen (secondary N) is 1. The van der Waals surface area contributed by atoms with Crippen LogP contribution in [0.4, 0.5) is 0 Å². The summed E-state index contributed by atoms with van der Waals surface area (Å²) in [5.74, 6) is 0. The Morgan fingerprint density at radius 1 is 1.50 bits per heavy atom. The molecule has 0 saturated carbocycles. The second kappa shape index (κ2) is 6.99. The van der Waals surface area contributed by atoms with Gasteiger partial charge in [-0.05, 0) is 20.4 Å². The van der Waals surface area contributed by atoms with E-state index in [4.69, 9.17) is 9.72 Å². The second-order valence-corrected chi connectivity index (χ2v) is 5.18. The first-order chi connectivity index (χ1) is 7.71. The molecule has 1 atom stereocenters. The van der Waals surface area contributed by atoms with E-state index in [1.165, 1.54) is 15.6 Å². The fourth-order valence-corrected chi connectivity index (χ4v) is 2.82. The highest BCUT2D eigenvalue weighted by molar-refractivity contribution is 7.11. The normalized spacial score (nSPS) is 13.0. The van der Waals surface area contributed by atoms with Gasteiger partial charge in [-0.2, -0.15) is 0 Å². The SMILES string of the molecule is CCCc1nc(CC(C)OC)sc1CNC. The van der Waals surface area contributed by atoms with Crippen LogP contribution in [0.2, 0.25) is 0 Å². The predicted molar refractivity (Wildman–Crippen MR) is 69.0 cm³/mol. The van der Waals surface area contributed by atoms with Gasteiger partial charge in [0.25, 0.3) is 0 Å². The van der Waals surface area contributed by atoms with E-state index in [9.17, 15) is 0 Å². The maximum Gasteiger partial charge on any atom is 0.0957 e. The molecule has 1 N–H and O–H groups in total. The lowest BCUT2D eigenvalue weighted by Gasteiger charge is -2.05. The molecule has 0 saturated heterocycles. The van der Waals surface area contributed by atoms with Gasteiger partial charge in [-0.1, -0.05) is 13.3 Å². The summed E-state index contributed by atoms with van der Waals surface area (Å²) in [5, 5.41) is 4.40. The van der Waals surface area contributed by atoms with E-state index in [1.807, 2.05) is 18.4 Å². The number of aromatic nitrogens is 1. The number of nitrogens with zero attached hydrogens (tertiary/aromatic N) is 1. The molecule has 1 unspecified atom stereocenters. The molecule has 0 aliphatic rings. The standard InChI is InChI=1S/C12H22N2OS/c1-5-6-10-11(8-13-3)16-12(14-10)7-9(2)15-4/h9,13H,5-8H2,1-4H3. The fraction of sp³-hybridized carbons (Fsp3) is 0.750. The molecule has 0 aromatic carbocycles. The zero-order valence-corrected chi connectivity index (χ0v) is 11.5. The molecule has 92 valence electrons. The number of aryl methyl sites for hydroxylation is 1. The molecule has 0 aliphatic carbocycles. The van der Waals surface area contributed by atoms with E-state index in [0.29, 0.717) is 0 Å². The summed E-state index contributed by atoms with van der Waals surface area (Å²) >= 11 is 1.81. The summed E-state index contributed by atoms with van der Waals surface area (Å²) in [4.78, 5) is 6.08. The highest BCUT2D eigenvalue weighted by Crippen LogP contribution is 2.21. The maximum atomic E-state index is 5.27. The number of ether oxygens (including phenoxy) is 1. The van der Waals surface area contributed by atoms with Crippen molar-refractivity contribution in [1.82, 2.24) is 10.3 Å². The molecule has 0 radical (unpaired) electrons. The number of thiazole rings is 1. The molecule has 0 spiro atoms. The highest BCUT2D eigenvalue weighted by Gasteiger charge is 2.12. The molecule has 4 heteroatoms. The lowest BCUT2D eigenvalue weighted by molar-refractivity contribution is 0.118. The minimum atomic E-state index is 0.253. The van der Waals surface area contributed by atoms with Crippen molar-refractivity contribution in [3.63, 3.8) is 0 Å². The van der Waals surface area contributed by atoms with Crippen molar-refractivity contribution in [3.05, 3.63) is 15.6 Å². The van der Waals surface area contributed by atoms with Crippen molar-refractivity contribution in [2.45, 2.75) is 45.8 Å². The molecule has 0 aliphatic heterocycles. The smallest absolute Gasteiger partial charge is 0.0957 e. The first-order valence-corrected chi connectivity index (χ1v) is 6.67. The van der Waals surface area contributed by atoms with Crippen LogP contribution in [0.5, 0.6) is 0 Å². The van der Waals surface area contributed by atoms with Gasteiger partial charge >= 0.3 is 0 Å². The third-order valence-electron chi connectivity index (χ3n) is 2.51. The summed E-state index contributed by atoms with van der Waals surface area (Å²) in [6.45, 7) is 5.20.